The van der Waals surface area contributed by atoms with Crippen LogP contribution in [0, 0.1) is 18.6 Å². The first-order chi connectivity index (χ1) is 5.70. The minimum atomic E-state index is -0.765. The average molecular weight is 184 g/mol. The number of hydrogen-bond acceptors (Lipinski definition) is 1. The standard InChI is InChI=1S/C9H6F2S/c1-5-4-7(10)8(11)6-2-3-12-9(5)6/h2-4H,1H3. The molecule has 2 rings (SSSR count). The van der Waals surface area contributed by atoms with Crippen molar-refractivity contribution >= 4 is 21.4 Å². The number of hydrogen-bond donors (Lipinski definition) is 0. The molecule has 1 aromatic heterocycles. The molecule has 3 heteroatoms. The lowest BCUT2D eigenvalue weighted by Crippen LogP contribution is -1.85. The molecule has 0 aliphatic carbocycles. The molecule has 0 aliphatic rings. The van der Waals surface area contributed by atoms with E-state index < -0.39 is 11.6 Å². The van der Waals surface area contributed by atoms with Gasteiger partial charge in [0.25, 0.3) is 0 Å². The van der Waals surface area contributed by atoms with Gasteiger partial charge in [0.1, 0.15) is 0 Å². The van der Waals surface area contributed by atoms with Gasteiger partial charge in [-0.3, -0.25) is 0 Å². The predicted octanol–water partition coefficient (Wildman–Crippen LogP) is 3.49. The zero-order chi connectivity index (χ0) is 8.72. The molecule has 0 saturated heterocycles. The topological polar surface area (TPSA) is 0 Å². The Balaban J connectivity index is 2.97. The van der Waals surface area contributed by atoms with Crippen LogP contribution in [0.1, 0.15) is 5.56 Å². The Kier molecular flexibility index (Phi) is 1.61. The van der Waals surface area contributed by atoms with E-state index in [0.717, 1.165) is 10.3 Å². The van der Waals surface area contributed by atoms with Gasteiger partial charge in [-0.2, -0.15) is 0 Å². The van der Waals surface area contributed by atoms with Crippen LogP contribution in [-0.4, -0.2) is 0 Å². The summed E-state index contributed by atoms with van der Waals surface area (Å²) in [6.45, 7) is 1.78. The molecule has 0 unspecified atom stereocenters. The SMILES string of the molecule is Cc1cc(F)c(F)c2ccsc12. The van der Waals surface area contributed by atoms with Crippen molar-refractivity contribution in [3.8, 4) is 0 Å². The second kappa shape index (κ2) is 2.52. The van der Waals surface area contributed by atoms with Gasteiger partial charge < -0.3 is 0 Å². The van der Waals surface area contributed by atoms with Crippen LogP contribution in [0.25, 0.3) is 10.1 Å². The molecule has 62 valence electrons. The Bertz CT molecular complexity index is 431. The van der Waals surface area contributed by atoms with E-state index in [1.54, 1.807) is 18.4 Å². The smallest absolute Gasteiger partial charge is 0.167 e. The highest BCUT2D eigenvalue weighted by atomic mass is 32.1. The van der Waals surface area contributed by atoms with E-state index in [2.05, 4.69) is 0 Å². The minimum absolute atomic E-state index is 0.387. The second-order valence-electron chi connectivity index (χ2n) is 2.65. The molecule has 0 radical (unpaired) electrons. The molecule has 0 amide bonds. The van der Waals surface area contributed by atoms with E-state index in [1.807, 2.05) is 0 Å². The summed E-state index contributed by atoms with van der Waals surface area (Å²) in [6, 6.07) is 2.83. The fraction of sp³-hybridized carbons (Fsp3) is 0.111. The van der Waals surface area contributed by atoms with Crippen LogP contribution >= 0.6 is 11.3 Å². The van der Waals surface area contributed by atoms with Crippen molar-refractivity contribution in [2.75, 3.05) is 0 Å². The van der Waals surface area contributed by atoms with Crippen LogP contribution < -0.4 is 0 Å². The highest BCUT2D eigenvalue weighted by molar-refractivity contribution is 7.17. The summed E-state index contributed by atoms with van der Waals surface area (Å²) in [5, 5.41) is 2.15. The van der Waals surface area contributed by atoms with Gasteiger partial charge in [0, 0.05) is 10.1 Å². The van der Waals surface area contributed by atoms with Gasteiger partial charge in [0.2, 0.25) is 0 Å². The van der Waals surface area contributed by atoms with E-state index in [-0.39, 0.29) is 0 Å². The van der Waals surface area contributed by atoms with E-state index in [4.69, 9.17) is 0 Å². The maximum atomic E-state index is 13.0. The molecule has 0 nitrogen and oxygen atoms in total. The third-order valence-corrected chi connectivity index (χ3v) is 2.86. The lowest BCUT2D eigenvalue weighted by Gasteiger charge is -1.98. The Labute approximate surface area is 72.4 Å². The largest absolute Gasteiger partial charge is 0.204 e. The van der Waals surface area contributed by atoms with Crippen LogP contribution in [0.15, 0.2) is 17.5 Å². The molecule has 0 N–H and O–H groups in total. The van der Waals surface area contributed by atoms with Gasteiger partial charge in [-0.05, 0) is 30.0 Å². The predicted molar refractivity (Wildman–Crippen MR) is 46.5 cm³/mol. The van der Waals surface area contributed by atoms with Crippen molar-refractivity contribution in [2.45, 2.75) is 6.92 Å². The maximum Gasteiger partial charge on any atom is 0.167 e. The first kappa shape index (κ1) is 7.68. The summed E-state index contributed by atoms with van der Waals surface area (Å²) in [7, 11) is 0. The van der Waals surface area contributed by atoms with Gasteiger partial charge in [0.05, 0.1) is 0 Å². The van der Waals surface area contributed by atoms with Crippen LogP contribution in [0.4, 0.5) is 8.78 Å². The molecule has 1 aromatic carbocycles. The lowest BCUT2D eigenvalue weighted by atomic mass is 10.2. The first-order valence-electron chi connectivity index (χ1n) is 3.52. The molecular weight excluding hydrogens is 178 g/mol. The summed E-state index contributed by atoms with van der Waals surface area (Å²) < 4.78 is 26.7. The van der Waals surface area contributed by atoms with Crippen molar-refractivity contribution in [2.24, 2.45) is 0 Å². The Hall–Kier alpha value is -0.960. The fourth-order valence-corrected chi connectivity index (χ4v) is 2.10. The third-order valence-electron chi connectivity index (χ3n) is 1.81. The van der Waals surface area contributed by atoms with Crippen LogP contribution in [-0.2, 0) is 0 Å². The molecule has 0 aliphatic heterocycles. The third kappa shape index (κ3) is 0.932. The van der Waals surface area contributed by atoms with Crippen molar-refractivity contribution < 1.29 is 8.78 Å². The number of thiophene rings is 1. The van der Waals surface area contributed by atoms with Crippen molar-refractivity contribution in [1.29, 1.82) is 0 Å². The van der Waals surface area contributed by atoms with E-state index in [9.17, 15) is 8.78 Å². The van der Waals surface area contributed by atoms with Gasteiger partial charge in [-0.15, -0.1) is 11.3 Å². The Morgan fingerprint density at radius 2 is 2.08 bits per heavy atom. The van der Waals surface area contributed by atoms with Crippen molar-refractivity contribution in [3.05, 3.63) is 34.7 Å². The normalized spacial score (nSPS) is 10.9. The summed E-state index contributed by atoms with van der Waals surface area (Å²) >= 11 is 1.43. The van der Waals surface area contributed by atoms with Crippen molar-refractivity contribution in [3.63, 3.8) is 0 Å². The molecule has 1 heterocycles. The number of rotatable bonds is 0. The average Bonchev–Trinajstić information content (AvgIpc) is 2.48. The monoisotopic (exact) mass is 184 g/mol. The highest BCUT2D eigenvalue weighted by Gasteiger charge is 2.09. The lowest BCUT2D eigenvalue weighted by molar-refractivity contribution is 0.516. The maximum absolute atomic E-state index is 13.0. The number of fused-ring (bicyclic) bond motifs is 1. The van der Waals surface area contributed by atoms with Gasteiger partial charge in [0.15, 0.2) is 11.6 Å². The van der Waals surface area contributed by atoms with Gasteiger partial charge >= 0.3 is 0 Å². The first-order valence-corrected chi connectivity index (χ1v) is 4.40. The summed E-state index contributed by atoms with van der Waals surface area (Å²) in [4.78, 5) is 0. The van der Waals surface area contributed by atoms with E-state index in [1.165, 1.54) is 17.4 Å². The van der Waals surface area contributed by atoms with Crippen molar-refractivity contribution in [1.82, 2.24) is 0 Å². The summed E-state index contributed by atoms with van der Waals surface area (Å²) in [6.07, 6.45) is 0. The minimum Gasteiger partial charge on any atom is -0.204 e. The van der Waals surface area contributed by atoms with E-state index >= 15 is 0 Å². The fourth-order valence-electron chi connectivity index (χ4n) is 1.24. The number of aryl methyl sites for hydroxylation is 1. The number of benzene rings is 1. The Morgan fingerprint density at radius 3 is 2.83 bits per heavy atom. The van der Waals surface area contributed by atoms with Gasteiger partial charge in [-0.1, -0.05) is 0 Å². The Morgan fingerprint density at radius 1 is 1.33 bits per heavy atom. The molecule has 2 aromatic rings. The van der Waals surface area contributed by atoms with E-state index in [0.29, 0.717) is 5.39 Å². The van der Waals surface area contributed by atoms with Crippen LogP contribution in [0.3, 0.4) is 0 Å². The molecule has 0 bridgehead atoms. The molecule has 0 fully saturated rings. The van der Waals surface area contributed by atoms with Crippen LogP contribution in [0.5, 0.6) is 0 Å². The quantitative estimate of drug-likeness (QED) is 0.588. The zero-order valence-electron chi connectivity index (χ0n) is 6.40. The molecule has 0 saturated carbocycles. The zero-order valence-corrected chi connectivity index (χ0v) is 7.21. The molecule has 0 spiro atoms. The molecule has 12 heavy (non-hydrogen) atoms. The molecular formula is C9H6F2S. The summed E-state index contributed by atoms with van der Waals surface area (Å²) in [5.74, 6) is -1.50. The second-order valence-corrected chi connectivity index (χ2v) is 3.57. The molecule has 0 atom stereocenters. The van der Waals surface area contributed by atoms with Crippen LogP contribution in [0.2, 0.25) is 0 Å². The number of halogens is 2. The summed E-state index contributed by atoms with van der Waals surface area (Å²) in [5.41, 5.74) is 0.791. The van der Waals surface area contributed by atoms with Gasteiger partial charge in [-0.25, -0.2) is 8.78 Å². The highest BCUT2D eigenvalue weighted by Crippen LogP contribution is 2.28.